The Morgan fingerprint density at radius 3 is 2.57 bits per heavy atom. The number of likely N-dealkylation sites (tertiary alicyclic amines) is 1. The fourth-order valence-electron chi connectivity index (χ4n) is 3.46. The number of alkyl halides is 3. The van der Waals surface area contributed by atoms with Gasteiger partial charge in [-0.05, 0) is 31.0 Å². The van der Waals surface area contributed by atoms with E-state index in [0.717, 1.165) is 0 Å². The summed E-state index contributed by atoms with van der Waals surface area (Å²) in [6.45, 7) is 0.714. The van der Waals surface area contributed by atoms with Gasteiger partial charge in [-0.3, -0.25) is 9.59 Å². The zero-order chi connectivity index (χ0) is 21.7. The summed E-state index contributed by atoms with van der Waals surface area (Å²) in [5.41, 5.74) is 0.760. The highest BCUT2D eigenvalue weighted by molar-refractivity contribution is 5.98. The van der Waals surface area contributed by atoms with Crippen molar-refractivity contribution >= 4 is 23.5 Å². The van der Waals surface area contributed by atoms with E-state index in [9.17, 15) is 27.6 Å². The van der Waals surface area contributed by atoms with Crippen LogP contribution < -0.4 is 10.6 Å². The zero-order valence-corrected chi connectivity index (χ0v) is 16.2. The van der Waals surface area contributed by atoms with E-state index in [4.69, 9.17) is 4.74 Å². The van der Waals surface area contributed by atoms with Crippen LogP contribution in [0.3, 0.4) is 0 Å². The molecule has 0 saturated carbocycles. The number of anilines is 1. The number of hydrogen-bond acceptors (Lipinski definition) is 4. The van der Waals surface area contributed by atoms with Crippen molar-refractivity contribution in [3.05, 3.63) is 29.8 Å². The molecular formula is C19H23F3N4O4. The number of amides is 4. The number of rotatable bonds is 4. The van der Waals surface area contributed by atoms with E-state index in [0.29, 0.717) is 44.0 Å². The highest BCUT2D eigenvalue weighted by Gasteiger charge is 2.36. The van der Waals surface area contributed by atoms with Crippen molar-refractivity contribution in [2.45, 2.75) is 25.1 Å². The molecule has 2 fully saturated rings. The molecule has 1 unspecified atom stereocenters. The molecule has 0 aliphatic carbocycles. The minimum atomic E-state index is -4.52. The van der Waals surface area contributed by atoms with Gasteiger partial charge >= 0.3 is 12.2 Å². The molecule has 0 spiro atoms. The van der Waals surface area contributed by atoms with Gasteiger partial charge in [-0.15, -0.1) is 0 Å². The van der Waals surface area contributed by atoms with Crippen LogP contribution >= 0.6 is 0 Å². The van der Waals surface area contributed by atoms with Crippen LogP contribution in [-0.4, -0.2) is 79.3 Å². The molecule has 0 radical (unpaired) electrons. The molecule has 11 heteroatoms. The minimum absolute atomic E-state index is 0.181. The summed E-state index contributed by atoms with van der Waals surface area (Å²) >= 11 is 0. The zero-order valence-electron chi connectivity index (χ0n) is 16.2. The highest BCUT2D eigenvalue weighted by atomic mass is 19.4. The number of carbonyl (C=O) groups excluding carboxylic acids is 3. The monoisotopic (exact) mass is 428 g/mol. The quantitative estimate of drug-likeness (QED) is 0.766. The summed E-state index contributed by atoms with van der Waals surface area (Å²) in [5, 5.41) is 4.46. The van der Waals surface area contributed by atoms with Gasteiger partial charge in [0, 0.05) is 30.9 Å². The van der Waals surface area contributed by atoms with Crippen molar-refractivity contribution in [1.82, 2.24) is 15.1 Å². The molecule has 0 bridgehead atoms. The van der Waals surface area contributed by atoms with Crippen molar-refractivity contribution in [3.8, 4) is 0 Å². The molecule has 2 aliphatic rings. The number of hydrogen-bond donors (Lipinski definition) is 2. The number of urea groups is 1. The maximum Gasteiger partial charge on any atom is 0.405 e. The number of benzene rings is 1. The third-order valence-corrected chi connectivity index (χ3v) is 4.94. The standard InChI is InChI=1S/C19H23F3N4O4/c20-19(21,22)12-23-16(27)15-5-2-6-26(15)18(29)24-14-4-1-3-13(11-14)17(28)25-7-9-30-10-8-25/h1,3-4,11,15H,2,5-10,12H2,(H,23,27)(H,24,29). The van der Waals surface area contributed by atoms with Crippen molar-refractivity contribution in [2.24, 2.45) is 0 Å². The second kappa shape index (κ2) is 9.33. The Morgan fingerprint density at radius 2 is 1.87 bits per heavy atom. The average molecular weight is 428 g/mol. The Labute approximate surface area is 171 Å². The van der Waals surface area contributed by atoms with Crippen LogP contribution in [0.2, 0.25) is 0 Å². The number of morpholine rings is 1. The molecule has 0 aromatic heterocycles. The second-order valence-corrected chi connectivity index (χ2v) is 7.10. The summed E-state index contributed by atoms with van der Waals surface area (Å²) in [6.07, 6.45) is -3.73. The van der Waals surface area contributed by atoms with Gasteiger partial charge in [-0.1, -0.05) is 6.07 Å². The Kier molecular flexibility index (Phi) is 6.80. The highest BCUT2D eigenvalue weighted by Crippen LogP contribution is 2.21. The fraction of sp³-hybridized carbons (Fsp3) is 0.526. The summed E-state index contributed by atoms with van der Waals surface area (Å²) < 4.78 is 42.2. The molecule has 2 aliphatic heterocycles. The van der Waals surface area contributed by atoms with Gasteiger partial charge in [0.2, 0.25) is 5.91 Å². The van der Waals surface area contributed by atoms with Gasteiger partial charge in [0.15, 0.2) is 0 Å². The lowest BCUT2D eigenvalue weighted by molar-refractivity contribution is -0.140. The van der Waals surface area contributed by atoms with Crippen LogP contribution in [-0.2, 0) is 9.53 Å². The molecule has 30 heavy (non-hydrogen) atoms. The number of halogens is 3. The predicted molar refractivity (Wildman–Crippen MR) is 101 cm³/mol. The molecule has 4 amide bonds. The van der Waals surface area contributed by atoms with Gasteiger partial charge in [-0.2, -0.15) is 13.2 Å². The molecule has 1 aromatic carbocycles. The summed E-state index contributed by atoms with van der Waals surface area (Å²) in [5.74, 6) is -1.02. The molecule has 1 atom stereocenters. The maximum absolute atomic E-state index is 12.6. The van der Waals surface area contributed by atoms with Crippen molar-refractivity contribution in [3.63, 3.8) is 0 Å². The smallest absolute Gasteiger partial charge is 0.378 e. The van der Waals surface area contributed by atoms with Gasteiger partial charge < -0.3 is 25.2 Å². The van der Waals surface area contributed by atoms with Crippen molar-refractivity contribution < 1.29 is 32.3 Å². The van der Waals surface area contributed by atoms with Crippen LogP contribution in [0.1, 0.15) is 23.2 Å². The normalized spacial score (nSPS) is 19.5. The first-order chi connectivity index (χ1) is 14.2. The number of nitrogens with zero attached hydrogens (tertiary/aromatic N) is 2. The summed E-state index contributed by atoms with van der Waals surface area (Å²) in [7, 11) is 0. The van der Waals surface area contributed by atoms with Crippen LogP contribution in [0.4, 0.5) is 23.7 Å². The molecule has 2 saturated heterocycles. The van der Waals surface area contributed by atoms with Crippen LogP contribution in [0.5, 0.6) is 0 Å². The van der Waals surface area contributed by atoms with Crippen LogP contribution in [0.25, 0.3) is 0 Å². The minimum Gasteiger partial charge on any atom is -0.378 e. The molecule has 2 heterocycles. The lowest BCUT2D eigenvalue weighted by atomic mass is 10.1. The SMILES string of the molecule is O=C(NCC(F)(F)F)C1CCCN1C(=O)Nc1cccc(C(=O)N2CCOCC2)c1. The fourth-order valence-corrected chi connectivity index (χ4v) is 3.46. The van der Waals surface area contributed by atoms with Crippen molar-refractivity contribution in [2.75, 3.05) is 44.7 Å². The Balaban J connectivity index is 1.62. The topological polar surface area (TPSA) is 91.0 Å². The largest absolute Gasteiger partial charge is 0.405 e. The average Bonchev–Trinajstić information content (AvgIpc) is 3.22. The third-order valence-electron chi connectivity index (χ3n) is 4.94. The predicted octanol–water partition coefficient (Wildman–Crippen LogP) is 1.83. The number of nitrogens with one attached hydrogen (secondary N) is 2. The Morgan fingerprint density at radius 1 is 1.13 bits per heavy atom. The molecule has 164 valence electrons. The molecule has 3 rings (SSSR count). The maximum atomic E-state index is 12.6. The van der Waals surface area contributed by atoms with Gasteiger partial charge in [0.1, 0.15) is 12.6 Å². The van der Waals surface area contributed by atoms with Crippen molar-refractivity contribution in [1.29, 1.82) is 0 Å². The Bertz CT molecular complexity index is 796. The van der Waals surface area contributed by atoms with Crippen LogP contribution in [0, 0.1) is 0 Å². The van der Waals surface area contributed by atoms with Gasteiger partial charge in [-0.25, -0.2) is 4.79 Å². The molecule has 1 aromatic rings. The van der Waals surface area contributed by atoms with Crippen LogP contribution in [0.15, 0.2) is 24.3 Å². The molecule has 8 nitrogen and oxygen atoms in total. The van der Waals surface area contributed by atoms with E-state index in [1.807, 2.05) is 5.32 Å². The van der Waals surface area contributed by atoms with E-state index < -0.39 is 30.7 Å². The van der Waals surface area contributed by atoms with E-state index in [1.165, 1.54) is 11.0 Å². The second-order valence-electron chi connectivity index (χ2n) is 7.10. The molecular weight excluding hydrogens is 405 g/mol. The summed E-state index contributed by atoms with van der Waals surface area (Å²) in [4.78, 5) is 40.2. The lowest BCUT2D eigenvalue weighted by Crippen LogP contribution is -2.49. The van der Waals surface area contributed by atoms with Gasteiger partial charge in [0.05, 0.1) is 13.2 Å². The number of carbonyl (C=O) groups is 3. The lowest BCUT2D eigenvalue weighted by Gasteiger charge is -2.27. The van der Waals surface area contributed by atoms with E-state index >= 15 is 0 Å². The third kappa shape index (κ3) is 5.62. The van der Waals surface area contributed by atoms with E-state index in [-0.39, 0.29) is 18.9 Å². The van der Waals surface area contributed by atoms with E-state index in [2.05, 4.69) is 5.32 Å². The first-order valence-corrected chi connectivity index (χ1v) is 9.64. The first kappa shape index (κ1) is 21.9. The summed E-state index contributed by atoms with van der Waals surface area (Å²) in [6, 6.07) is 4.83. The molecule has 2 N–H and O–H groups in total. The van der Waals surface area contributed by atoms with Gasteiger partial charge in [0.25, 0.3) is 5.91 Å². The first-order valence-electron chi connectivity index (χ1n) is 9.64. The Hall–Kier alpha value is -2.82. The van der Waals surface area contributed by atoms with E-state index in [1.54, 1.807) is 23.1 Å². The number of ether oxygens (including phenoxy) is 1.